The summed E-state index contributed by atoms with van der Waals surface area (Å²) < 4.78 is 0. The maximum Gasteiger partial charge on any atom is 0.159 e. The van der Waals surface area contributed by atoms with Crippen LogP contribution in [0.2, 0.25) is 0 Å². The average Bonchev–Trinajstić information content (AvgIpc) is 2.56. The highest BCUT2D eigenvalue weighted by Gasteiger charge is 2.07. The summed E-state index contributed by atoms with van der Waals surface area (Å²) in [7, 11) is 0. The van der Waals surface area contributed by atoms with Gasteiger partial charge in [-0.15, -0.1) is 0 Å². The summed E-state index contributed by atoms with van der Waals surface area (Å²) in [4.78, 5) is 11.4. The van der Waals surface area contributed by atoms with Crippen molar-refractivity contribution in [3.05, 3.63) is 84.4 Å². The zero-order valence-electron chi connectivity index (χ0n) is 14.1. The quantitative estimate of drug-likeness (QED) is 0.343. The Bertz CT molecular complexity index is 777. The van der Waals surface area contributed by atoms with Crippen molar-refractivity contribution in [2.75, 3.05) is 0 Å². The maximum atomic E-state index is 11.4. The molecule has 0 saturated heterocycles. The van der Waals surface area contributed by atoms with E-state index < -0.39 is 0 Å². The van der Waals surface area contributed by atoms with E-state index >= 15 is 0 Å². The molecule has 0 bridgehead atoms. The molecule has 0 atom stereocenters. The molecular formula is C20H20BF4O. The van der Waals surface area contributed by atoms with Crippen LogP contribution in [0.5, 0.6) is 0 Å². The third kappa shape index (κ3) is 5.88. The van der Waals surface area contributed by atoms with E-state index in [4.69, 9.17) is 0 Å². The maximum absolute atomic E-state index is 11.4. The van der Waals surface area contributed by atoms with Crippen molar-refractivity contribution in [3.63, 3.8) is 0 Å². The fourth-order valence-corrected chi connectivity index (χ4v) is 2.49. The molecule has 6 heteroatoms. The summed E-state index contributed by atoms with van der Waals surface area (Å²) in [6.45, 7) is 1.59. The van der Waals surface area contributed by atoms with E-state index in [0.717, 1.165) is 11.1 Å². The van der Waals surface area contributed by atoms with Crippen molar-refractivity contribution in [2.45, 2.75) is 6.92 Å². The highest BCUT2D eigenvalue weighted by molar-refractivity contribution is 5.95. The SMILES string of the molecule is CC(=O)c1ccc(-c2ccccc2-c2ccccc2)cc1.F.F.F.F.[B]. The van der Waals surface area contributed by atoms with Crippen LogP contribution in [0.4, 0.5) is 18.8 Å². The lowest BCUT2D eigenvalue weighted by Crippen LogP contribution is -1.91. The van der Waals surface area contributed by atoms with Gasteiger partial charge in [0.25, 0.3) is 0 Å². The molecule has 3 aromatic rings. The first-order chi connectivity index (χ1) is 10.3. The first kappa shape index (κ1) is 27.9. The third-order valence-corrected chi connectivity index (χ3v) is 3.61. The van der Waals surface area contributed by atoms with Gasteiger partial charge in [0.1, 0.15) is 0 Å². The van der Waals surface area contributed by atoms with Gasteiger partial charge in [-0.05, 0) is 29.2 Å². The minimum Gasteiger partial charge on any atom is -0.295 e. The van der Waals surface area contributed by atoms with E-state index in [1.807, 2.05) is 48.5 Å². The Morgan fingerprint density at radius 2 is 0.962 bits per heavy atom. The van der Waals surface area contributed by atoms with Gasteiger partial charge in [-0.25, -0.2) is 0 Å². The number of rotatable bonds is 3. The van der Waals surface area contributed by atoms with Gasteiger partial charge in [-0.3, -0.25) is 23.6 Å². The fourth-order valence-electron chi connectivity index (χ4n) is 2.49. The smallest absolute Gasteiger partial charge is 0.159 e. The van der Waals surface area contributed by atoms with Crippen LogP contribution in [0.15, 0.2) is 78.9 Å². The van der Waals surface area contributed by atoms with E-state index in [2.05, 4.69) is 30.3 Å². The Labute approximate surface area is 152 Å². The average molecular weight is 363 g/mol. The predicted molar refractivity (Wildman–Crippen MR) is 103 cm³/mol. The number of halogens is 4. The molecule has 0 heterocycles. The van der Waals surface area contributed by atoms with Gasteiger partial charge in [0, 0.05) is 14.0 Å². The second kappa shape index (κ2) is 12.5. The minimum atomic E-state index is 0. The Morgan fingerprint density at radius 1 is 0.577 bits per heavy atom. The van der Waals surface area contributed by atoms with Gasteiger partial charge in [0.2, 0.25) is 0 Å². The van der Waals surface area contributed by atoms with Crippen molar-refractivity contribution in [1.29, 1.82) is 0 Å². The van der Waals surface area contributed by atoms with Crippen LogP contribution in [0.1, 0.15) is 17.3 Å². The highest BCUT2D eigenvalue weighted by Crippen LogP contribution is 2.31. The van der Waals surface area contributed by atoms with Crippen molar-refractivity contribution < 1.29 is 23.6 Å². The van der Waals surface area contributed by atoms with Gasteiger partial charge in [-0.2, -0.15) is 0 Å². The zero-order chi connectivity index (χ0) is 14.7. The van der Waals surface area contributed by atoms with Gasteiger partial charge < -0.3 is 0 Å². The second-order valence-electron chi connectivity index (χ2n) is 5.05. The molecular weight excluding hydrogens is 343 g/mol. The molecule has 137 valence electrons. The first-order valence-electron chi connectivity index (χ1n) is 7.01. The van der Waals surface area contributed by atoms with E-state index in [0.29, 0.717) is 0 Å². The monoisotopic (exact) mass is 363 g/mol. The number of hydrogen-bond acceptors (Lipinski definition) is 1. The molecule has 3 rings (SSSR count). The number of carbonyl (C=O) groups is 1. The topological polar surface area (TPSA) is 17.1 Å². The Balaban J connectivity index is -0.00000106. The van der Waals surface area contributed by atoms with Crippen LogP contribution in [-0.4, -0.2) is 14.2 Å². The molecule has 3 radical (unpaired) electrons. The predicted octanol–water partition coefficient (Wildman–Crippen LogP) is 5.45. The molecule has 0 N–H and O–H groups in total. The molecule has 0 fully saturated rings. The summed E-state index contributed by atoms with van der Waals surface area (Å²) in [6, 6.07) is 26.5. The molecule has 0 aliphatic carbocycles. The standard InChI is InChI=1S/C20H16O.B.4FH/c1-15(21)16-11-13-18(14-12-16)20-10-6-5-9-19(20)17-7-3-2-4-8-17;;;;;/h2-14H,1H3;;4*1H. The van der Waals surface area contributed by atoms with E-state index in [9.17, 15) is 4.79 Å². The van der Waals surface area contributed by atoms with Crippen molar-refractivity contribution >= 4 is 14.2 Å². The minimum absolute atomic E-state index is 0. The van der Waals surface area contributed by atoms with E-state index in [1.165, 1.54) is 16.7 Å². The molecule has 0 saturated carbocycles. The second-order valence-corrected chi connectivity index (χ2v) is 5.05. The third-order valence-electron chi connectivity index (χ3n) is 3.61. The van der Waals surface area contributed by atoms with E-state index in [1.54, 1.807) is 6.92 Å². The zero-order valence-corrected chi connectivity index (χ0v) is 14.1. The van der Waals surface area contributed by atoms with Crippen molar-refractivity contribution in [2.24, 2.45) is 0 Å². The molecule has 0 unspecified atom stereocenters. The number of carbonyl (C=O) groups excluding carboxylic acids is 1. The lowest BCUT2D eigenvalue weighted by molar-refractivity contribution is 0.101. The summed E-state index contributed by atoms with van der Waals surface area (Å²) in [5, 5.41) is 0. The molecule has 0 amide bonds. The summed E-state index contributed by atoms with van der Waals surface area (Å²) in [5.74, 6) is 0.0953. The molecule has 26 heavy (non-hydrogen) atoms. The highest BCUT2D eigenvalue weighted by atomic mass is 19.0. The van der Waals surface area contributed by atoms with Crippen LogP contribution < -0.4 is 0 Å². The number of benzene rings is 3. The first-order valence-corrected chi connectivity index (χ1v) is 7.01. The summed E-state index contributed by atoms with van der Waals surface area (Å²) >= 11 is 0. The Hall–Kier alpha value is -2.89. The van der Waals surface area contributed by atoms with Gasteiger partial charge >= 0.3 is 0 Å². The molecule has 0 spiro atoms. The van der Waals surface area contributed by atoms with Gasteiger partial charge in [-0.1, -0.05) is 78.9 Å². The summed E-state index contributed by atoms with van der Waals surface area (Å²) in [5.41, 5.74) is 5.45. The molecule has 3 aromatic carbocycles. The lowest BCUT2D eigenvalue weighted by atomic mass is 9.94. The van der Waals surface area contributed by atoms with Crippen LogP contribution in [0.3, 0.4) is 0 Å². The number of ketones is 1. The van der Waals surface area contributed by atoms with Crippen LogP contribution in [-0.2, 0) is 0 Å². The number of Topliss-reactive ketones (excluding diaryl/α,β-unsaturated/α-hetero) is 1. The van der Waals surface area contributed by atoms with Crippen LogP contribution in [0.25, 0.3) is 22.3 Å². The van der Waals surface area contributed by atoms with Gasteiger partial charge in [0.15, 0.2) is 5.78 Å². The van der Waals surface area contributed by atoms with Crippen molar-refractivity contribution in [1.82, 2.24) is 0 Å². The van der Waals surface area contributed by atoms with E-state index in [-0.39, 0.29) is 33.0 Å². The number of hydrogen-bond donors (Lipinski definition) is 0. The molecule has 0 aliphatic heterocycles. The molecule has 1 nitrogen and oxygen atoms in total. The van der Waals surface area contributed by atoms with Crippen molar-refractivity contribution in [3.8, 4) is 22.3 Å². The lowest BCUT2D eigenvalue weighted by Gasteiger charge is -2.10. The fraction of sp³-hybridized carbons (Fsp3) is 0.0500. The Morgan fingerprint density at radius 3 is 1.38 bits per heavy atom. The summed E-state index contributed by atoms with van der Waals surface area (Å²) in [6.07, 6.45) is 0. The molecule has 0 aliphatic rings. The van der Waals surface area contributed by atoms with Crippen LogP contribution >= 0.6 is 0 Å². The van der Waals surface area contributed by atoms with Crippen LogP contribution in [0, 0.1) is 0 Å². The Kier molecular flexibility index (Phi) is 13.4. The molecule has 0 aromatic heterocycles. The van der Waals surface area contributed by atoms with Gasteiger partial charge in [0.05, 0.1) is 0 Å². The largest absolute Gasteiger partial charge is 0.295 e. The normalized spacial score (nSPS) is 8.35.